The van der Waals surface area contributed by atoms with Gasteiger partial charge in [-0.05, 0) is 44.4 Å². The quantitative estimate of drug-likeness (QED) is 0.791. The van der Waals surface area contributed by atoms with Gasteiger partial charge in [-0.2, -0.15) is 4.31 Å². The van der Waals surface area contributed by atoms with Crippen LogP contribution >= 0.6 is 11.3 Å². The Balaban J connectivity index is 1.55. The predicted octanol–water partition coefficient (Wildman–Crippen LogP) is 1.33. The van der Waals surface area contributed by atoms with E-state index < -0.39 is 10.0 Å². The number of carbonyl (C=O) groups excluding carboxylic acids is 1. The largest absolute Gasteiger partial charge is 0.354 e. The molecule has 6 nitrogen and oxygen atoms in total. The third-order valence-electron chi connectivity index (χ3n) is 4.59. The molecule has 0 aliphatic carbocycles. The second kappa shape index (κ2) is 7.95. The van der Waals surface area contributed by atoms with Gasteiger partial charge in [-0.3, -0.25) is 4.79 Å². The molecule has 0 saturated carbocycles. The molecular formula is C16H25N3O3S2. The van der Waals surface area contributed by atoms with E-state index in [-0.39, 0.29) is 12.3 Å². The highest BCUT2D eigenvalue weighted by Gasteiger charge is 2.27. The average molecular weight is 372 g/mol. The molecule has 2 N–H and O–H groups in total. The highest BCUT2D eigenvalue weighted by molar-refractivity contribution is 7.91. The Kier molecular flexibility index (Phi) is 5.91. The van der Waals surface area contributed by atoms with Crippen molar-refractivity contribution in [2.75, 3.05) is 26.2 Å². The summed E-state index contributed by atoms with van der Waals surface area (Å²) in [6.45, 7) is 2.86. The van der Waals surface area contributed by atoms with Gasteiger partial charge in [0.1, 0.15) is 4.21 Å². The molecule has 2 aliphatic heterocycles. The fourth-order valence-corrected chi connectivity index (χ4v) is 6.24. The predicted molar refractivity (Wildman–Crippen MR) is 94.7 cm³/mol. The number of nitrogens with zero attached hydrogens (tertiary/aromatic N) is 1. The van der Waals surface area contributed by atoms with Gasteiger partial charge in [0.05, 0.1) is 6.42 Å². The number of rotatable bonds is 6. The summed E-state index contributed by atoms with van der Waals surface area (Å²) in [5.74, 6) is -0.0486. The molecule has 2 saturated heterocycles. The van der Waals surface area contributed by atoms with Crippen molar-refractivity contribution < 1.29 is 13.2 Å². The molecule has 1 aromatic rings. The molecule has 1 unspecified atom stereocenters. The number of piperidine rings is 1. The lowest BCUT2D eigenvalue weighted by Gasteiger charge is -2.25. The molecule has 2 aliphatic rings. The Morgan fingerprint density at radius 2 is 2.04 bits per heavy atom. The van der Waals surface area contributed by atoms with Gasteiger partial charge in [-0.25, -0.2) is 8.42 Å². The van der Waals surface area contributed by atoms with Crippen molar-refractivity contribution in [2.24, 2.45) is 0 Å². The van der Waals surface area contributed by atoms with Crippen LogP contribution in [0.1, 0.15) is 37.0 Å². The second-order valence-electron chi connectivity index (χ2n) is 6.46. The minimum absolute atomic E-state index is 0.0486. The summed E-state index contributed by atoms with van der Waals surface area (Å²) in [7, 11) is -3.39. The first-order valence-electron chi connectivity index (χ1n) is 8.64. The highest BCUT2D eigenvalue weighted by atomic mass is 32.2. The lowest BCUT2D eigenvalue weighted by atomic mass is 10.2. The average Bonchev–Trinajstić information content (AvgIpc) is 3.26. The van der Waals surface area contributed by atoms with Crippen LogP contribution in [0, 0.1) is 0 Å². The van der Waals surface area contributed by atoms with Crippen molar-refractivity contribution >= 4 is 27.3 Å². The van der Waals surface area contributed by atoms with Crippen LogP contribution in [0.5, 0.6) is 0 Å². The lowest BCUT2D eigenvalue weighted by Crippen LogP contribution is -2.37. The minimum Gasteiger partial charge on any atom is -0.354 e. The standard InChI is InChI=1S/C16H25N3O3S2/c20-15(18-12-13-5-4-8-17-13)11-14-6-7-16(23-14)24(21,22)19-9-2-1-3-10-19/h6-7,13,17H,1-5,8-12H2,(H,18,20). The smallest absolute Gasteiger partial charge is 0.252 e. The van der Waals surface area contributed by atoms with E-state index in [0.717, 1.165) is 43.5 Å². The topological polar surface area (TPSA) is 78.5 Å². The molecule has 134 valence electrons. The van der Waals surface area contributed by atoms with Gasteiger partial charge in [0, 0.05) is 30.6 Å². The van der Waals surface area contributed by atoms with Crippen LogP contribution in [0.25, 0.3) is 0 Å². The van der Waals surface area contributed by atoms with Crippen LogP contribution in [-0.4, -0.2) is 50.9 Å². The van der Waals surface area contributed by atoms with Crippen molar-refractivity contribution in [1.29, 1.82) is 0 Å². The lowest BCUT2D eigenvalue weighted by molar-refractivity contribution is -0.120. The van der Waals surface area contributed by atoms with Crippen molar-refractivity contribution in [1.82, 2.24) is 14.9 Å². The van der Waals surface area contributed by atoms with Crippen LogP contribution in [0.15, 0.2) is 16.3 Å². The number of carbonyl (C=O) groups is 1. The van der Waals surface area contributed by atoms with Crippen LogP contribution in [0.4, 0.5) is 0 Å². The molecule has 3 rings (SSSR count). The Morgan fingerprint density at radius 3 is 2.75 bits per heavy atom. The summed E-state index contributed by atoms with van der Waals surface area (Å²) < 4.78 is 27.1. The Bertz CT molecular complexity index is 660. The number of amides is 1. The molecule has 1 aromatic heterocycles. The van der Waals surface area contributed by atoms with Gasteiger partial charge in [0.25, 0.3) is 10.0 Å². The van der Waals surface area contributed by atoms with Crippen LogP contribution < -0.4 is 10.6 Å². The summed E-state index contributed by atoms with van der Waals surface area (Å²) in [5, 5.41) is 6.27. The maximum Gasteiger partial charge on any atom is 0.252 e. The van der Waals surface area contributed by atoms with Crippen LogP contribution in [0.2, 0.25) is 0 Å². The maximum absolute atomic E-state index is 12.6. The van der Waals surface area contributed by atoms with Gasteiger partial charge in [-0.1, -0.05) is 6.42 Å². The molecule has 0 aromatic carbocycles. The van der Waals surface area contributed by atoms with Gasteiger partial charge in [0.2, 0.25) is 5.91 Å². The van der Waals surface area contributed by atoms with E-state index in [9.17, 15) is 13.2 Å². The van der Waals surface area contributed by atoms with Crippen molar-refractivity contribution in [2.45, 2.75) is 48.8 Å². The van der Waals surface area contributed by atoms with Crippen LogP contribution in [0.3, 0.4) is 0 Å². The third kappa shape index (κ3) is 4.36. The normalized spacial score (nSPS) is 22.6. The van der Waals surface area contributed by atoms with Crippen molar-refractivity contribution in [3.63, 3.8) is 0 Å². The zero-order valence-electron chi connectivity index (χ0n) is 13.8. The first-order valence-corrected chi connectivity index (χ1v) is 10.9. The number of nitrogens with one attached hydrogen (secondary N) is 2. The molecule has 8 heteroatoms. The highest BCUT2D eigenvalue weighted by Crippen LogP contribution is 2.27. The van der Waals surface area contributed by atoms with E-state index in [0.29, 0.717) is 29.9 Å². The van der Waals surface area contributed by atoms with E-state index >= 15 is 0 Å². The molecule has 0 radical (unpaired) electrons. The van der Waals surface area contributed by atoms with Gasteiger partial charge >= 0.3 is 0 Å². The fourth-order valence-electron chi connectivity index (χ4n) is 3.21. The molecule has 3 heterocycles. The van der Waals surface area contributed by atoms with E-state index in [1.807, 2.05) is 0 Å². The van der Waals surface area contributed by atoms with E-state index in [2.05, 4.69) is 10.6 Å². The summed E-state index contributed by atoms with van der Waals surface area (Å²) in [4.78, 5) is 12.8. The molecular weight excluding hydrogens is 346 g/mol. The Labute approximate surface area is 147 Å². The van der Waals surface area contributed by atoms with Crippen molar-refractivity contribution in [3.8, 4) is 0 Å². The minimum atomic E-state index is -3.39. The molecule has 2 fully saturated rings. The third-order valence-corrected chi connectivity index (χ3v) is 8.04. The summed E-state index contributed by atoms with van der Waals surface area (Å²) in [6.07, 6.45) is 5.44. The summed E-state index contributed by atoms with van der Waals surface area (Å²) in [6, 6.07) is 3.76. The first kappa shape index (κ1) is 17.8. The Morgan fingerprint density at radius 1 is 1.25 bits per heavy atom. The van der Waals surface area contributed by atoms with Gasteiger partial charge in [-0.15, -0.1) is 11.3 Å². The Hall–Kier alpha value is -0.960. The van der Waals surface area contributed by atoms with Gasteiger partial charge < -0.3 is 10.6 Å². The molecule has 0 bridgehead atoms. The summed E-state index contributed by atoms with van der Waals surface area (Å²) >= 11 is 1.21. The van der Waals surface area contributed by atoms with E-state index in [4.69, 9.17) is 0 Å². The number of hydrogen-bond acceptors (Lipinski definition) is 5. The molecule has 0 spiro atoms. The van der Waals surface area contributed by atoms with E-state index in [1.165, 1.54) is 11.3 Å². The van der Waals surface area contributed by atoms with Crippen LogP contribution in [-0.2, 0) is 21.2 Å². The molecule has 1 amide bonds. The van der Waals surface area contributed by atoms with Gasteiger partial charge in [0.15, 0.2) is 0 Å². The fraction of sp³-hybridized carbons (Fsp3) is 0.688. The second-order valence-corrected chi connectivity index (χ2v) is 9.79. The number of hydrogen-bond donors (Lipinski definition) is 2. The first-order chi connectivity index (χ1) is 11.6. The number of sulfonamides is 1. The molecule has 1 atom stereocenters. The zero-order chi connectivity index (χ0) is 17.0. The zero-order valence-corrected chi connectivity index (χ0v) is 15.4. The monoisotopic (exact) mass is 371 g/mol. The van der Waals surface area contributed by atoms with Crippen molar-refractivity contribution in [3.05, 3.63) is 17.0 Å². The number of thiophene rings is 1. The SMILES string of the molecule is O=C(Cc1ccc(S(=O)(=O)N2CCCCC2)s1)NCC1CCCN1. The summed E-state index contributed by atoms with van der Waals surface area (Å²) in [5.41, 5.74) is 0. The van der Waals surface area contributed by atoms with E-state index in [1.54, 1.807) is 16.4 Å². The molecule has 24 heavy (non-hydrogen) atoms. The maximum atomic E-state index is 12.6.